The number of ether oxygens (including phenoxy) is 1. The minimum Gasteiger partial charge on any atom is -0.399 e. The summed E-state index contributed by atoms with van der Waals surface area (Å²) in [5, 5.41) is 7.97. The standard InChI is InChI=1S/C15H16N6O/c16-11-3-1-10(2-4-11)13-18-14-12(9-17-20-14)15(19-13)21-5-7-22-8-6-21/h1-4,9H,5-8,16H2,(H,17,18,19,20). The monoisotopic (exact) mass is 296 g/mol. The zero-order chi connectivity index (χ0) is 14.9. The smallest absolute Gasteiger partial charge is 0.163 e. The summed E-state index contributed by atoms with van der Waals surface area (Å²) in [4.78, 5) is 11.5. The van der Waals surface area contributed by atoms with Crippen molar-refractivity contribution in [2.75, 3.05) is 36.9 Å². The molecule has 1 aliphatic heterocycles. The van der Waals surface area contributed by atoms with Crippen molar-refractivity contribution >= 4 is 22.5 Å². The number of morpholine rings is 1. The Morgan fingerprint density at radius 2 is 1.86 bits per heavy atom. The van der Waals surface area contributed by atoms with E-state index in [1.165, 1.54) is 0 Å². The molecule has 1 fully saturated rings. The van der Waals surface area contributed by atoms with Crippen molar-refractivity contribution in [3.8, 4) is 11.4 Å². The number of nitrogens with two attached hydrogens (primary N) is 1. The van der Waals surface area contributed by atoms with Gasteiger partial charge in [0.25, 0.3) is 0 Å². The van der Waals surface area contributed by atoms with Crippen LogP contribution in [0.4, 0.5) is 11.5 Å². The van der Waals surface area contributed by atoms with Crippen LogP contribution in [-0.2, 0) is 4.74 Å². The van der Waals surface area contributed by atoms with Gasteiger partial charge in [0.1, 0.15) is 5.82 Å². The van der Waals surface area contributed by atoms with Gasteiger partial charge < -0.3 is 15.4 Å². The zero-order valence-electron chi connectivity index (χ0n) is 12.0. The first-order valence-corrected chi connectivity index (χ1v) is 7.21. The molecule has 0 bridgehead atoms. The number of benzene rings is 1. The van der Waals surface area contributed by atoms with E-state index >= 15 is 0 Å². The van der Waals surface area contributed by atoms with Crippen molar-refractivity contribution in [3.05, 3.63) is 30.5 Å². The molecule has 0 radical (unpaired) electrons. The molecule has 0 saturated carbocycles. The van der Waals surface area contributed by atoms with E-state index in [1.807, 2.05) is 24.3 Å². The Morgan fingerprint density at radius 1 is 1.09 bits per heavy atom. The van der Waals surface area contributed by atoms with Crippen LogP contribution in [0.1, 0.15) is 0 Å². The van der Waals surface area contributed by atoms with Gasteiger partial charge in [0, 0.05) is 24.3 Å². The molecule has 3 N–H and O–H groups in total. The molecule has 1 saturated heterocycles. The third-order valence-corrected chi connectivity index (χ3v) is 3.77. The Balaban J connectivity index is 1.84. The van der Waals surface area contributed by atoms with Crippen LogP contribution in [0.2, 0.25) is 0 Å². The predicted molar refractivity (Wildman–Crippen MR) is 84.6 cm³/mol. The Labute approximate surface area is 127 Å². The number of fused-ring (bicyclic) bond motifs is 1. The molecule has 4 rings (SSSR count). The highest BCUT2D eigenvalue weighted by Gasteiger charge is 2.18. The van der Waals surface area contributed by atoms with E-state index in [4.69, 9.17) is 15.5 Å². The number of nitrogen functional groups attached to an aromatic ring is 1. The topological polar surface area (TPSA) is 93.0 Å². The quantitative estimate of drug-likeness (QED) is 0.695. The summed E-state index contributed by atoms with van der Waals surface area (Å²) in [6.07, 6.45) is 1.77. The van der Waals surface area contributed by atoms with Gasteiger partial charge in [-0.25, -0.2) is 9.97 Å². The maximum atomic E-state index is 5.75. The first-order chi connectivity index (χ1) is 10.8. The fourth-order valence-corrected chi connectivity index (χ4v) is 2.60. The summed E-state index contributed by atoms with van der Waals surface area (Å²) in [6.45, 7) is 3.05. The molecule has 3 aromatic rings. The molecule has 0 amide bonds. The average molecular weight is 296 g/mol. The van der Waals surface area contributed by atoms with Crippen LogP contribution in [-0.4, -0.2) is 46.5 Å². The fraction of sp³-hybridized carbons (Fsp3) is 0.267. The van der Waals surface area contributed by atoms with E-state index in [0.717, 1.165) is 41.2 Å². The first kappa shape index (κ1) is 13.0. The number of nitrogens with zero attached hydrogens (tertiary/aromatic N) is 4. The first-order valence-electron chi connectivity index (χ1n) is 7.21. The number of hydrogen-bond donors (Lipinski definition) is 2. The number of aromatic nitrogens is 4. The van der Waals surface area contributed by atoms with Crippen LogP contribution < -0.4 is 10.6 Å². The van der Waals surface area contributed by atoms with Gasteiger partial charge in [0.2, 0.25) is 0 Å². The van der Waals surface area contributed by atoms with Gasteiger partial charge in [0.15, 0.2) is 11.5 Å². The summed E-state index contributed by atoms with van der Waals surface area (Å²) in [5.41, 5.74) is 8.14. The molecule has 7 heteroatoms. The van der Waals surface area contributed by atoms with Crippen LogP contribution in [0.3, 0.4) is 0 Å². The molecule has 22 heavy (non-hydrogen) atoms. The summed E-state index contributed by atoms with van der Waals surface area (Å²) < 4.78 is 5.42. The minimum atomic E-state index is 0.665. The lowest BCUT2D eigenvalue weighted by Gasteiger charge is -2.28. The number of nitrogens with one attached hydrogen (secondary N) is 1. The number of rotatable bonds is 2. The molecular formula is C15H16N6O. The van der Waals surface area contributed by atoms with Gasteiger partial charge in [-0.2, -0.15) is 5.10 Å². The lowest BCUT2D eigenvalue weighted by atomic mass is 10.2. The fourth-order valence-electron chi connectivity index (χ4n) is 2.60. The van der Waals surface area contributed by atoms with Crippen molar-refractivity contribution in [3.63, 3.8) is 0 Å². The summed E-state index contributed by atoms with van der Waals surface area (Å²) in [5.74, 6) is 1.56. The molecule has 0 atom stereocenters. The molecular weight excluding hydrogens is 280 g/mol. The summed E-state index contributed by atoms with van der Waals surface area (Å²) in [6, 6.07) is 7.56. The Bertz CT molecular complexity index is 791. The molecule has 0 spiro atoms. The molecule has 7 nitrogen and oxygen atoms in total. The lowest BCUT2D eigenvalue weighted by Crippen LogP contribution is -2.37. The van der Waals surface area contributed by atoms with Crippen molar-refractivity contribution in [2.24, 2.45) is 0 Å². The number of aromatic amines is 1. The summed E-state index contributed by atoms with van der Waals surface area (Å²) in [7, 11) is 0. The van der Waals surface area contributed by atoms with Crippen LogP contribution >= 0.6 is 0 Å². The van der Waals surface area contributed by atoms with Gasteiger partial charge in [-0.1, -0.05) is 0 Å². The summed E-state index contributed by atoms with van der Waals surface area (Å²) >= 11 is 0. The Hall–Kier alpha value is -2.67. The molecule has 112 valence electrons. The zero-order valence-corrected chi connectivity index (χ0v) is 12.0. The number of hydrogen-bond acceptors (Lipinski definition) is 6. The van der Waals surface area contributed by atoms with Crippen molar-refractivity contribution in [1.82, 2.24) is 20.2 Å². The molecule has 1 aliphatic rings. The van der Waals surface area contributed by atoms with Crippen LogP contribution in [0.15, 0.2) is 30.5 Å². The Kier molecular flexibility index (Phi) is 3.12. The molecule has 2 aromatic heterocycles. The van der Waals surface area contributed by atoms with Crippen molar-refractivity contribution in [1.29, 1.82) is 0 Å². The van der Waals surface area contributed by atoms with Crippen LogP contribution in [0.25, 0.3) is 22.4 Å². The molecule has 1 aromatic carbocycles. The van der Waals surface area contributed by atoms with Crippen LogP contribution in [0, 0.1) is 0 Å². The number of anilines is 2. The molecule has 3 heterocycles. The van der Waals surface area contributed by atoms with Gasteiger partial charge in [-0.3, -0.25) is 5.10 Å². The highest BCUT2D eigenvalue weighted by molar-refractivity contribution is 5.88. The molecule has 0 aliphatic carbocycles. The lowest BCUT2D eigenvalue weighted by molar-refractivity contribution is 0.122. The van der Waals surface area contributed by atoms with E-state index in [1.54, 1.807) is 6.20 Å². The normalized spacial score (nSPS) is 15.4. The SMILES string of the molecule is Nc1ccc(-c2nc(N3CCOCC3)c3cn[nH]c3n2)cc1. The highest BCUT2D eigenvalue weighted by atomic mass is 16.5. The third kappa shape index (κ3) is 2.25. The average Bonchev–Trinajstić information content (AvgIpc) is 3.04. The van der Waals surface area contributed by atoms with Crippen LogP contribution in [0.5, 0.6) is 0 Å². The van der Waals surface area contributed by atoms with E-state index in [2.05, 4.69) is 20.1 Å². The second kappa shape index (κ2) is 5.27. The van der Waals surface area contributed by atoms with Gasteiger partial charge in [-0.05, 0) is 24.3 Å². The maximum Gasteiger partial charge on any atom is 0.163 e. The van der Waals surface area contributed by atoms with Crippen molar-refractivity contribution < 1.29 is 4.74 Å². The highest BCUT2D eigenvalue weighted by Crippen LogP contribution is 2.27. The Morgan fingerprint density at radius 3 is 2.64 bits per heavy atom. The maximum absolute atomic E-state index is 5.75. The minimum absolute atomic E-state index is 0.665. The second-order valence-corrected chi connectivity index (χ2v) is 5.22. The van der Waals surface area contributed by atoms with E-state index in [9.17, 15) is 0 Å². The second-order valence-electron chi connectivity index (χ2n) is 5.22. The van der Waals surface area contributed by atoms with Gasteiger partial charge in [-0.15, -0.1) is 0 Å². The van der Waals surface area contributed by atoms with E-state index < -0.39 is 0 Å². The van der Waals surface area contributed by atoms with Gasteiger partial charge >= 0.3 is 0 Å². The largest absolute Gasteiger partial charge is 0.399 e. The number of H-pyrrole nitrogens is 1. The van der Waals surface area contributed by atoms with Gasteiger partial charge in [0.05, 0.1) is 24.8 Å². The van der Waals surface area contributed by atoms with Crippen molar-refractivity contribution in [2.45, 2.75) is 0 Å². The predicted octanol–water partition coefficient (Wildman–Crippen LogP) is 1.44. The van der Waals surface area contributed by atoms with E-state index in [-0.39, 0.29) is 0 Å². The van der Waals surface area contributed by atoms with E-state index in [0.29, 0.717) is 19.0 Å². The third-order valence-electron chi connectivity index (χ3n) is 3.77. The molecule has 0 unspecified atom stereocenters.